The zero-order valence-corrected chi connectivity index (χ0v) is 15.2. The van der Waals surface area contributed by atoms with E-state index in [-0.39, 0.29) is 17.4 Å². The monoisotopic (exact) mass is 384 g/mol. The van der Waals surface area contributed by atoms with Crippen LogP contribution in [0.5, 0.6) is 0 Å². The number of alkyl halides is 2. The number of aromatic nitrogens is 2. The van der Waals surface area contributed by atoms with Gasteiger partial charge in [0.1, 0.15) is 11.6 Å². The van der Waals surface area contributed by atoms with E-state index in [2.05, 4.69) is 27.1 Å². The van der Waals surface area contributed by atoms with Gasteiger partial charge in [-0.2, -0.15) is 0 Å². The van der Waals surface area contributed by atoms with Gasteiger partial charge in [-0.05, 0) is 24.6 Å². The van der Waals surface area contributed by atoms with Gasteiger partial charge in [-0.1, -0.05) is 31.5 Å². The first-order valence-corrected chi connectivity index (χ1v) is 8.94. The van der Waals surface area contributed by atoms with Crippen LogP contribution in [0.4, 0.5) is 19.0 Å². The van der Waals surface area contributed by atoms with Crippen LogP contribution in [0.25, 0.3) is 0 Å². The van der Waals surface area contributed by atoms with Crippen LogP contribution in [0.1, 0.15) is 48.6 Å². The minimum Gasteiger partial charge on any atom is -0.365 e. The molecule has 0 aliphatic carbocycles. The summed E-state index contributed by atoms with van der Waals surface area (Å²) in [5.74, 6) is -0.364. The smallest absolute Gasteiger partial charge is 0.266 e. The highest BCUT2D eigenvalue weighted by Crippen LogP contribution is 2.29. The third kappa shape index (κ3) is 4.10. The van der Waals surface area contributed by atoms with Crippen molar-refractivity contribution in [2.75, 3.05) is 11.9 Å². The lowest BCUT2D eigenvalue weighted by Gasteiger charge is -2.14. The van der Waals surface area contributed by atoms with Crippen molar-refractivity contribution in [2.45, 2.75) is 45.8 Å². The lowest BCUT2D eigenvalue weighted by atomic mass is 10.1. The van der Waals surface area contributed by atoms with Crippen molar-refractivity contribution in [3.8, 4) is 0 Å². The second-order valence-electron chi connectivity index (χ2n) is 6.31. The predicted octanol–water partition coefficient (Wildman–Crippen LogP) is 4.93. The first kappa shape index (κ1) is 18.9. The van der Waals surface area contributed by atoms with Crippen molar-refractivity contribution in [3.05, 3.63) is 51.7 Å². The van der Waals surface area contributed by atoms with Crippen molar-refractivity contribution in [1.82, 2.24) is 14.9 Å². The van der Waals surface area contributed by atoms with Gasteiger partial charge in [0.05, 0.1) is 11.3 Å². The largest absolute Gasteiger partial charge is 0.365 e. The molecule has 0 radical (unpaired) electrons. The number of nitrogens with zero attached hydrogens (tertiary/aromatic N) is 3. The number of anilines is 1. The number of benzene rings is 1. The molecule has 1 aromatic heterocycles. The number of halogens is 4. The van der Waals surface area contributed by atoms with Crippen molar-refractivity contribution >= 4 is 17.4 Å². The first-order chi connectivity index (χ1) is 12.5. The maximum absolute atomic E-state index is 14.2. The zero-order valence-electron chi connectivity index (χ0n) is 14.4. The Morgan fingerprint density at radius 3 is 2.81 bits per heavy atom. The van der Waals surface area contributed by atoms with Gasteiger partial charge in [0, 0.05) is 30.8 Å². The summed E-state index contributed by atoms with van der Waals surface area (Å²) >= 11 is 6.01. The second kappa shape index (κ2) is 8.22. The van der Waals surface area contributed by atoms with E-state index in [1.54, 1.807) is 0 Å². The minimum atomic E-state index is -2.85. The Kier molecular flexibility index (Phi) is 5.98. The van der Waals surface area contributed by atoms with Crippen LogP contribution in [0.15, 0.2) is 18.2 Å². The average Bonchev–Trinajstić information content (AvgIpc) is 3.01. The number of fused-ring (bicyclic) bond motifs is 1. The maximum Gasteiger partial charge on any atom is 0.266 e. The van der Waals surface area contributed by atoms with Crippen LogP contribution < -0.4 is 5.32 Å². The van der Waals surface area contributed by atoms with Crippen LogP contribution in [-0.2, 0) is 19.6 Å². The highest BCUT2D eigenvalue weighted by molar-refractivity contribution is 6.28. The number of hydrogen-bond donors (Lipinski definition) is 1. The average molecular weight is 385 g/mol. The molecule has 0 bridgehead atoms. The van der Waals surface area contributed by atoms with Gasteiger partial charge in [0.25, 0.3) is 6.43 Å². The third-order valence-corrected chi connectivity index (χ3v) is 4.61. The molecule has 0 fully saturated rings. The fourth-order valence-corrected chi connectivity index (χ4v) is 3.24. The molecule has 140 valence electrons. The molecule has 1 aliphatic rings. The van der Waals surface area contributed by atoms with E-state index in [4.69, 9.17) is 11.6 Å². The van der Waals surface area contributed by atoms with Gasteiger partial charge in [-0.3, -0.25) is 4.90 Å². The summed E-state index contributed by atoms with van der Waals surface area (Å²) in [7, 11) is 0. The Morgan fingerprint density at radius 1 is 1.27 bits per heavy atom. The van der Waals surface area contributed by atoms with E-state index in [0.29, 0.717) is 18.9 Å². The summed E-state index contributed by atoms with van der Waals surface area (Å²) < 4.78 is 39.9. The number of hydrogen-bond acceptors (Lipinski definition) is 4. The molecular weight excluding hydrogens is 365 g/mol. The van der Waals surface area contributed by atoms with Gasteiger partial charge < -0.3 is 5.32 Å². The predicted molar refractivity (Wildman–Crippen MR) is 94.7 cm³/mol. The Bertz CT molecular complexity index is 785. The summed E-state index contributed by atoms with van der Waals surface area (Å²) in [6, 6.07) is 3.99. The zero-order chi connectivity index (χ0) is 18.7. The van der Waals surface area contributed by atoms with Crippen LogP contribution in [0.2, 0.25) is 5.28 Å². The molecule has 2 aromatic rings. The molecule has 3 rings (SSSR count). The van der Waals surface area contributed by atoms with E-state index in [9.17, 15) is 13.2 Å². The van der Waals surface area contributed by atoms with E-state index in [1.807, 2.05) is 0 Å². The van der Waals surface area contributed by atoms with Crippen LogP contribution in [0.3, 0.4) is 0 Å². The van der Waals surface area contributed by atoms with E-state index in [0.717, 1.165) is 36.7 Å². The Hall–Kier alpha value is -1.86. The summed E-state index contributed by atoms with van der Waals surface area (Å²) in [4.78, 5) is 10.7. The first-order valence-electron chi connectivity index (χ1n) is 8.56. The minimum absolute atomic E-state index is 0.0428. The standard InChI is InChI=1S/C18H20ClF3N4/c1-2-3-7-26-9-13-14(10-26)24-18(19)25-17(13)23-8-11-5-4-6-12(15(11)20)16(21)22/h4-6,16H,2-3,7-10H2,1H3,(H,23,24,25). The topological polar surface area (TPSA) is 41.1 Å². The van der Waals surface area contributed by atoms with Gasteiger partial charge in [-0.15, -0.1) is 0 Å². The molecule has 0 saturated heterocycles. The number of nitrogens with one attached hydrogen (secondary N) is 1. The summed E-state index contributed by atoms with van der Waals surface area (Å²) in [5.41, 5.74) is 1.34. The number of rotatable bonds is 7. The Balaban J connectivity index is 1.77. The van der Waals surface area contributed by atoms with Crippen molar-refractivity contribution < 1.29 is 13.2 Å². The molecule has 8 heteroatoms. The highest BCUT2D eigenvalue weighted by atomic mass is 35.5. The van der Waals surface area contributed by atoms with Crippen molar-refractivity contribution in [3.63, 3.8) is 0 Å². The van der Waals surface area contributed by atoms with Crippen LogP contribution in [0, 0.1) is 5.82 Å². The SMILES string of the molecule is CCCCN1Cc2nc(Cl)nc(NCc3cccc(C(F)F)c3F)c2C1. The Morgan fingerprint density at radius 2 is 2.08 bits per heavy atom. The molecule has 0 saturated carbocycles. The van der Waals surface area contributed by atoms with Crippen LogP contribution >= 0.6 is 11.6 Å². The van der Waals surface area contributed by atoms with Gasteiger partial charge >= 0.3 is 0 Å². The fraction of sp³-hybridized carbons (Fsp3) is 0.444. The summed E-state index contributed by atoms with van der Waals surface area (Å²) in [5, 5.41) is 3.15. The van der Waals surface area contributed by atoms with Crippen molar-refractivity contribution in [1.29, 1.82) is 0 Å². The molecular formula is C18H20ClF3N4. The highest BCUT2D eigenvalue weighted by Gasteiger charge is 2.25. The summed E-state index contributed by atoms with van der Waals surface area (Å²) in [6.07, 6.45) is -0.659. The molecule has 1 aliphatic heterocycles. The van der Waals surface area contributed by atoms with Crippen LogP contribution in [-0.4, -0.2) is 21.4 Å². The molecule has 0 amide bonds. The second-order valence-corrected chi connectivity index (χ2v) is 6.64. The lowest BCUT2D eigenvalue weighted by molar-refractivity contribution is 0.146. The molecule has 0 unspecified atom stereocenters. The quantitative estimate of drug-likeness (QED) is 0.687. The normalized spacial score (nSPS) is 14.1. The lowest BCUT2D eigenvalue weighted by Crippen LogP contribution is -2.17. The maximum atomic E-state index is 14.2. The molecule has 26 heavy (non-hydrogen) atoms. The molecule has 0 atom stereocenters. The molecule has 0 spiro atoms. The van der Waals surface area contributed by atoms with Gasteiger partial charge in [0.2, 0.25) is 5.28 Å². The van der Waals surface area contributed by atoms with E-state index < -0.39 is 17.8 Å². The molecule has 2 heterocycles. The molecule has 4 nitrogen and oxygen atoms in total. The summed E-state index contributed by atoms with van der Waals surface area (Å²) in [6.45, 7) is 4.51. The van der Waals surface area contributed by atoms with E-state index >= 15 is 0 Å². The number of unbranched alkanes of at least 4 members (excludes halogenated alkanes) is 1. The fourth-order valence-electron chi connectivity index (χ4n) is 3.06. The molecule has 1 aromatic carbocycles. The van der Waals surface area contributed by atoms with Gasteiger partial charge in [-0.25, -0.2) is 23.1 Å². The third-order valence-electron chi connectivity index (χ3n) is 4.44. The van der Waals surface area contributed by atoms with E-state index in [1.165, 1.54) is 12.1 Å². The van der Waals surface area contributed by atoms with Gasteiger partial charge in [0.15, 0.2) is 0 Å². The van der Waals surface area contributed by atoms with Crippen molar-refractivity contribution in [2.24, 2.45) is 0 Å². The molecule has 1 N–H and O–H groups in total. The Labute approximate surface area is 155 Å².